The minimum atomic E-state index is -3.56. The van der Waals surface area contributed by atoms with Gasteiger partial charge in [-0.05, 0) is 93.6 Å². The number of amides is 1. The Morgan fingerprint density at radius 2 is 1.50 bits per heavy atom. The van der Waals surface area contributed by atoms with Gasteiger partial charge in [0.05, 0.1) is 23.5 Å². The summed E-state index contributed by atoms with van der Waals surface area (Å²) in [6.45, 7) is 5.94. The summed E-state index contributed by atoms with van der Waals surface area (Å²) >= 11 is 0. The van der Waals surface area contributed by atoms with Gasteiger partial charge < -0.3 is 19.3 Å². The van der Waals surface area contributed by atoms with Crippen LogP contribution in [0.1, 0.15) is 38.2 Å². The van der Waals surface area contributed by atoms with Gasteiger partial charge in [0.1, 0.15) is 5.75 Å². The van der Waals surface area contributed by atoms with E-state index in [1.807, 2.05) is 24.0 Å². The van der Waals surface area contributed by atoms with Gasteiger partial charge in [-0.1, -0.05) is 24.3 Å². The highest BCUT2D eigenvalue weighted by Crippen LogP contribution is 2.27. The van der Waals surface area contributed by atoms with Crippen molar-refractivity contribution in [3.63, 3.8) is 0 Å². The number of carbonyl (C=O) groups is 1. The van der Waals surface area contributed by atoms with Crippen molar-refractivity contribution in [2.45, 2.75) is 48.4 Å². The largest absolute Gasteiger partial charge is 0.497 e. The van der Waals surface area contributed by atoms with Crippen LogP contribution in [0.3, 0.4) is 0 Å². The molecule has 1 amide bonds. The molecule has 2 saturated heterocycles. The molecule has 0 N–H and O–H groups in total. The van der Waals surface area contributed by atoms with Crippen LogP contribution in [0.15, 0.2) is 64.4 Å². The van der Waals surface area contributed by atoms with Crippen LogP contribution in [0.5, 0.6) is 5.75 Å². The zero-order valence-corrected chi connectivity index (χ0v) is 22.0. The van der Waals surface area contributed by atoms with E-state index in [1.54, 1.807) is 43.5 Å². The first-order chi connectivity index (χ1) is 17.4. The summed E-state index contributed by atoms with van der Waals surface area (Å²) in [6.07, 6.45) is 8.40. The van der Waals surface area contributed by atoms with E-state index in [-0.39, 0.29) is 15.9 Å². The summed E-state index contributed by atoms with van der Waals surface area (Å²) in [6, 6.07) is 14.0. The molecule has 0 radical (unpaired) electrons. The molecule has 2 aliphatic rings. The minimum absolute atomic E-state index is 0.189. The van der Waals surface area contributed by atoms with Crippen molar-refractivity contribution in [1.29, 1.82) is 0 Å². The van der Waals surface area contributed by atoms with Crippen molar-refractivity contribution in [2.24, 2.45) is 5.92 Å². The average Bonchev–Trinajstić information content (AvgIpc) is 2.92. The molecule has 0 spiro atoms. The number of benzene rings is 2. The Kier molecular flexibility index (Phi) is 8.69. The number of ether oxygens (including phenoxy) is 2. The Hall–Kier alpha value is -2.84. The maximum absolute atomic E-state index is 12.9. The number of piperidine rings is 2. The fourth-order valence-corrected chi connectivity index (χ4v) is 6.26. The Morgan fingerprint density at radius 1 is 0.917 bits per heavy atom. The molecule has 36 heavy (non-hydrogen) atoms. The molecule has 7 nitrogen and oxygen atoms in total. The Balaban J connectivity index is 1.26. The maximum atomic E-state index is 12.9. The summed E-state index contributed by atoms with van der Waals surface area (Å²) in [4.78, 5) is 16.9. The maximum Gasteiger partial charge on any atom is 0.409 e. The van der Waals surface area contributed by atoms with E-state index < -0.39 is 9.84 Å². The molecule has 2 aromatic carbocycles. The molecule has 8 heteroatoms. The van der Waals surface area contributed by atoms with Crippen molar-refractivity contribution in [3.8, 4) is 5.75 Å². The number of allylic oxidation sites excluding steroid dienone is 1. The predicted molar refractivity (Wildman–Crippen MR) is 140 cm³/mol. The Morgan fingerprint density at radius 3 is 2.06 bits per heavy atom. The van der Waals surface area contributed by atoms with E-state index in [9.17, 15) is 13.2 Å². The molecule has 2 heterocycles. The number of likely N-dealkylation sites (tertiary alicyclic amines) is 2. The van der Waals surface area contributed by atoms with Crippen molar-refractivity contribution in [1.82, 2.24) is 9.80 Å². The fraction of sp³-hybridized carbons (Fsp3) is 0.464. The third kappa shape index (κ3) is 6.28. The lowest BCUT2D eigenvalue weighted by atomic mass is 9.92. The van der Waals surface area contributed by atoms with E-state index in [0.29, 0.717) is 24.3 Å². The lowest BCUT2D eigenvalue weighted by Gasteiger charge is -2.41. The molecule has 0 bridgehead atoms. The molecule has 0 aliphatic carbocycles. The lowest BCUT2D eigenvalue weighted by molar-refractivity contribution is 0.0647. The van der Waals surface area contributed by atoms with Crippen LogP contribution in [0.4, 0.5) is 4.79 Å². The van der Waals surface area contributed by atoms with Gasteiger partial charge in [-0.2, -0.15) is 0 Å². The normalized spacial score (nSPS) is 18.4. The van der Waals surface area contributed by atoms with Gasteiger partial charge in [-0.15, -0.1) is 0 Å². The molecular formula is C28H36N2O5S. The van der Waals surface area contributed by atoms with Crippen LogP contribution in [0, 0.1) is 5.92 Å². The first-order valence-electron chi connectivity index (χ1n) is 12.7. The number of methoxy groups -OCH3 is 1. The van der Waals surface area contributed by atoms with Crippen LogP contribution in [-0.2, 0) is 14.6 Å². The third-order valence-electron chi connectivity index (χ3n) is 7.20. The Labute approximate surface area is 214 Å². The second kappa shape index (κ2) is 11.9. The second-order valence-corrected chi connectivity index (χ2v) is 11.3. The zero-order chi connectivity index (χ0) is 25.5. The SMILES string of the molecule is CCOC(=O)N1CCC(N2CCC(/C=C/c3ccc(S(=O)(=O)c4ccc(OC)cc4)cc3)CC2)CC1. The molecule has 2 aromatic rings. The third-order valence-corrected chi connectivity index (χ3v) is 8.99. The van der Waals surface area contributed by atoms with Gasteiger partial charge in [0.2, 0.25) is 9.84 Å². The zero-order valence-electron chi connectivity index (χ0n) is 21.1. The van der Waals surface area contributed by atoms with E-state index in [1.165, 1.54) is 0 Å². The van der Waals surface area contributed by atoms with Gasteiger partial charge in [0.25, 0.3) is 0 Å². The highest BCUT2D eigenvalue weighted by Gasteiger charge is 2.29. The van der Waals surface area contributed by atoms with Gasteiger partial charge in [-0.25, -0.2) is 13.2 Å². The number of rotatable bonds is 7. The fourth-order valence-electron chi connectivity index (χ4n) is 5.00. The standard InChI is InChI=1S/C28H36N2O5S/c1-3-35-28(31)30-20-16-24(17-21-30)29-18-14-23(15-19-29)5-4-22-6-10-26(11-7-22)36(32,33)27-12-8-25(34-2)9-13-27/h4-13,23-24H,3,14-21H2,1-2H3/b5-4+. The van der Waals surface area contributed by atoms with Crippen molar-refractivity contribution in [2.75, 3.05) is 39.9 Å². The topological polar surface area (TPSA) is 76.2 Å². The van der Waals surface area contributed by atoms with E-state index in [4.69, 9.17) is 9.47 Å². The number of hydrogen-bond donors (Lipinski definition) is 0. The van der Waals surface area contributed by atoms with Crippen molar-refractivity contribution < 1.29 is 22.7 Å². The van der Waals surface area contributed by atoms with Gasteiger partial charge in [0, 0.05) is 19.1 Å². The molecular weight excluding hydrogens is 476 g/mol. The van der Waals surface area contributed by atoms with Gasteiger partial charge >= 0.3 is 6.09 Å². The molecule has 4 rings (SSSR count). The molecule has 0 unspecified atom stereocenters. The monoisotopic (exact) mass is 512 g/mol. The van der Waals surface area contributed by atoms with Crippen LogP contribution < -0.4 is 4.74 Å². The van der Waals surface area contributed by atoms with Crippen molar-refractivity contribution >= 4 is 22.0 Å². The summed E-state index contributed by atoms with van der Waals surface area (Å²) < 4.78 is 36.0. The quantitative estimate of drug-likeness (QED) is 0.527. The van der Waals surface area contributed by atoms with E-state index in [2.05, 4.69) is 17.1 Å². The van der Waals surface area contributed by atoms with Gasteiger partial charge in [-0.3, -0.25) is 0 Å². The average molecular weight is 513 g/mol. The van der Waals surface area contributed by atoms with Gasteiger partial charge in [0.15, 0.2) is 0 Å². The second-order valence-electron chi connectivity index (χ2n) is 9.40. The van der Waals surface area contributed by atoms with Crippen LogP contribution in [-0.4, -0.2) is 70.2 Å². The molecule has 2 aliphatic heterocycles. The summed E-state index contributed by atoms with van der Waals surface area (Å²) in [5, 5.41) is 0. The summed E-state index contributed by atoms with van der Waals surface area (Å²) in [5.41, 5.74) is 0.998. The first-order valence-corrected chi connectivity index (χ1v) is 14.2. The minimum Gasteiger partial charge on any atom is -0.497 e. The molecule has 0 atom stereocenters. The smallest absolute Gasteiger partial charge is 0.409 e. The van der Waals surface area contributed by atoms with Crippen LogP contribution in [0.2, 0.25) is 0 Å². The highest BCUT2D eigenvalue weighted by molar-refractivity contribution is 7.91. The Bertz CT molecular complexity index is 1130. The number of hydrogen-bond acceptors (Lipinski definition) is 6. The number of carbonyl (C=O) groups excluding carboxylic acids is 1. The first kappa shape index (κ1) is 26.2. The number of nitrogens with zero attached hydrogens (tertiary/aromatic N) is 2. The molecule has 2 fully saturated rings. The molecule has 0 aromatic heterocycles. The van der Waals surface area contributed by atoms with E-state index >= 15 is 0 Å². The highest BCUT2D eigenvalue weighted by atomic mass is 32.2. The van der Waals surface area contributed by atoms with E-state index in [0.717, 1.165) is 57.4 Å². The number of sulfone groups is 1. The van der Waals surface area contributed by atoms with Crippen LogP contribution >= 0.6 is 0 Å². The lowest BCUT2D eigenvalue weighted by Crippen LogP contribution is -2.49. The summed E-state index contributed by atoms with van der Waals surface area (Å²) in [7, 11) is -2.00. The molecule has 194 valence electrons. The summed E-state index contributed by atoms with van der Waals surface area (Å²) in [5.74, 6) is 1.14. The molecule has 0 saturated carbocycles. The van der Waals surface area contributed by atoms with Crippen molar-refractivity contribution in [3.05, 3.63) is 60.2 Å². The predicted octanol–water partition coefficient (Wildman–Crippen LogP) is 4.87. The van der Waals surface area contributed by atoms with Crippen LogP contribution in [0.25, 0.3) is 6.08 Å².